The van der Waals surface area contributed by atoms with Gasteiger partial charge in [0.15, 0.2) is 5.78 Å². The number of aliphatic imine (C=N–C) groups is 1. The van der Waals surface area contributed by atoms with Gasteiger partial charge in [-0.15, -0.1) is 0 Å². The highest BCUT2D eigenvalue weighted by Crippen LogP contribution is 2.59. The van der Waals surface area contributed by atoms with E-state index in [1.54, 1.807) is 18.4 Å². The molecule has 0 amide bonds. The molecule has 0 radical (unpaired) electrons. The normalized spacial score (nSPS) is 41.5. The first kappa shape index (κ1) is 12.0. The molecular formula is C17H17NO2. The van der Waals surface area contributed by atoms with Crippen LogP contribution in [0.25, 0.3) is 0 Å². The third-order valence-electron chi connectivity index (χ3n) is 4.92. The van der Waals surface area contributed by atoms with Crippen LogP contribution in [-0.4, -0.2) is 23.7 Å². The summed E-state index contributed by atoms with van der Waals surface area (Å²) in [5, 5.41) is 0. The van der Waals surface area contributed by atoms with Crippen molar-refractivity contribution < 1.29 is 9.53 Å². The molecule has 2 aliphatic carbocycles. The van der Waals surface area contributed by atoms with Crippen molar-refractivity contribution in [2.24, 2.45) is 10.4 Å². The maximum absolute atomic E-state index is 12.0. The predicted molar refractivity (Wildman–Crippen MR) is 77.5 cm³/mol. The van der Waals surface area contributed by atoms with Crippen LogP contribution in [0.4, 0.5) is 0 Å². The zero-order valence-electron chi connectivity index (χ0n) is 11.5. The van der Waals surface area contributed by atoms with Crippen molar-refractivity contribution in [2.75, 3.05) is 0 Å². The highest BCUT2D eigenvalue weighted by atomic mass is 16.5. The summed E-state index contributed by atoms with van der Waals surface area (Å²) in [6.07, 6.45) is 16.5. The van der Waals surface area contributed by atoms with Crippen LogP contribution in [0.3, 0.4) is 0 Å². The van der Waals surface area contributed by atoms with Crippen molar-refractivity contribution in [3.63, 3.8) is 0 Å². The van der Waals surface area contributed by atoms with Gasteiger partial charge in [0.1, 0.15) is 0 Å². The fourth-order valence-electron chi connectivity index (χ4n) is 4.18. The summed E-state index contributed by atoms with van der Waals surface area (Å²) in [6.45, 7) is 2.11. The molecule has 3 heteroatoms. The second-order valence-corrected chi connectivity index (χ2v) is 6.06. The quantitative estimate of drug-likeness (QED) is 0.677. The molecule has 1 fully saturated rings. The number of hydrogen-bond acceptors (Lipinski definition) is 3. The lowest BCUT2D eigenvalue weighted by Crippen LogP contribution is -2.63. The van der Waals surface area contributed by atoms with Gasteiger partial charge in [-0.3, -0.25) is 9.79 Å². The number of carbonyl (C=O) groups is 1. The van der Waals surface area contributed by atoms with Gasteiger partial charge in [-0.25, -0.2) is 0 Å². The number of hydrogen-bond donors (Lipinski definition) is 0. The third-order valence-corrected chi connectivity index (χ3v) is 4.92. The minimum absolute atomic E-state index is 0.0390. The number of ether oxygens (including phenoxy) is 1. The third kappa shape index (κ3) is 1.33. The first-order valence-electron chi connectivity index (χ1n) is 7.20. The van der Waals surface area contributed by atoms with E-state index in [0.29, 0.717) is 0 Å². The van der Waals surface area contributed by atoms with Crippen LogP contribution in [0.2, 0.25) is 0 Å². The lowest BCUT2D eigenvalue weighted by Gasteiger charge is -2.59. The molecule has 0 bridgehead atoms. The minimum Gasteiger partial charge on any atom is -0.370 e. The molecule has 0 N–H and O–H groups in total. The van der Waals surface area contributed by atoms with Gasteiger partial charge in [0.25, 0.3) is 0 Å². The monoisotopic (exact) mass is 267 g/mol. The van der Waals surface area contributed by atoms with Gasteiger partial charge in [-0.1, -0.05) is 12.2 Å². The maximum Gasteiger partial charge on any atom is 0.178 e. The molecule has 0 aromatic carbocycles. The second-order valence-electron chi connectivity index (χ2n) is 6.06. The molecule has 3 unspecified atom stereocenters. The van der Waals surface area contributed by atoms with Gasteiger partial charge in [0, 0.05) is 18.8 Å². The Hall–Kier alpha value is -1.74. The summed E-state index contributed by atoms with van der Waals surface area (Å²) in [6, 6.07) is 0. The van der Waals surface area contributed by atoms with Crippen LogP contribution in [0.1, 0.15) is 26.2 Å². The van der Waals surface area contributed by atoms with Crippen LogP contribution >= 0.6 is 0 Å². The van der Waals surface area contributed by atoms with Gasteiger partial charge in [0.05, 0.1) is 17.1 Å². The Morgan fingerprint density at radius 3 is 2.95 bits per heavy atom. The first-order valence-corrected chi connectivity index (χ1v) is 7.20. The average molecular weight is 267 g/mol. The fourth-order valence-corrected chi connectivity index (χ4v) is 4.18. The Morgan fingerprint density at radius 1 is 1.30 bits per heavy atom. The first-order chi connectivity index (χ1) is 9.66. The molecule has 1 saturated heterocycles. The van der Waals surface area contributed by atoms with Crippen LogP contribution in [0.5, 0.6) is 0 Å². The van der Waals surface area contributed by atoms with E-state index < -0.39 is 0 Å². The molecule has 3 atom stereocenters. The summed E-state index contributed by atoms with van der Waals surface area (Å²) in [5.74, 6) is 0.0390. The lowest BCUT2D eigenvalue weighted by molar-refractivity contribution is -0.230. The van der Waals surface area contributed by atoms with E-state index in [0.717, 1.165) is 30.4 Å². The Bertz CT molecular complexity index is 629. The summed E-state index contributed by atoms with van der Waals surface area (Å²) in [5.41, 5.74) is 1.56. The van der Waals surface area contributed by atoms with E-state index >= 15 is 0 Å². The molecule has 20 heavy (non-hydrogen) atoms. The van der Waals surface area contributed by atoms with Gasteiger partial charge in [-0.05, 0) is 49.1 Å². The van der Waals surface area contributed by atoms with Crippen LogP contribution in [0, 0.1) is 5.41 Å². The van der Waals surface area contributed by atoms with E-state index in [2.05, 4.69) is 18.0 Å². The van der Waals surface area contributed by atoms with Gasteiger partial charge >= 0.3 is 0 Å². The predicted octanol–water partition coefficient (Wildman–Crippen LogP) is 2.90. The fraction of sp³-hybridized carbons (Fsp3) is 0.412. The Labute approximate surface area is 118 Å². The summed E-state index contributed by atoms with van der Waals surface area (Å²) < 4.78 is 6.24. The number of ketones is 1. The van der Waals surface area contributed by atoms with E-state index in [9.17, 15) is 4.79 Å². The SMILES string of the molecule is CC1CC2(CCC=C3C=CC(=O)C=C4C=CN=CC342)O1. The minimum atomic E-state index is -0.380. The Morgan fingerprint density at radius 2 is 2.15 bits per heavy atom. The van der Waals surface area contributed by atoms with Crippen molar-refractivity contribution in [1.29, 1.82) is 0 Å². The van der Waals surface area contributed by atoms with E-state index in [1.165, 1.54) is 0 Å². The highest BCUT2D eigenvalue weighted by molar-refractivity contribution is 6.03. The van der Waals surface area contributed by atoms with Crippen LogP contribution in [0.15, 0.2) is 52.7 Å². The maximum atomic E-state index is 12.0. The van der Waals surface area contributed by atoms with Gasteiger partial charge < -0.3 is 4.74 Å². The van der Waals surface area contributed by atoms with Crippen LogP contribution in [-0.2, 0) is 9.53 Å². The molecule has 2 heterocycles. The van der Waals surface area contributed by atoms with Crippen molar-refractivity contribution in [1.82, 2.24) is 0 Å². The molecule has 0 aromatic heterocycles. The highest BCUT2D eigenvalue weighted by Gasteiger charge is 2.62. The molecule has 4 aliphatic rings. The molecule has 3 nitrogen and oxygen atoms in total. The smallest absolute Gasteiger partial charge is 0.178 e. The van der Waals surface area contributed by atoms with Crippen molar-refractivity contribution >= 4 is 12.0 Å². The molecule has 0 aromatic rings. The van der Waals surface area contributed by atoms with E-state index in [4.69, 9.17) is 4.74 Å². The number of nitrogens with zero attached hydrogens (tertiary/aromatic N) is 1. The van der Waals surface area contributed by atoms with E-state index in [-0.39, 0.29) is 22.9 Å². The lowest BCUT2D eigenvalue weighted by atomic mass is 9.55. The number of allylic oxidation sites excluding steroid dienone is 5. The van der Waals surface area contributed by atoms with Gasteiger partial charge in [-0.2, -0.15) is 0 Å². The number of carbonyl (C=O) groups excluding carboxylic acids is 1. The average Bonchev–Trinajstić information content (AvgIpc) is 2.55. The Kier molecular flexibility index (Phi) is 2.34. The Balaban J connectivity index is 1.97. The number of rotatable bonds is 0. The zero-order chi connectivity index (χ0) is 13.8. The summed E-state index contributed by atoms with van der Waals surface area (Å²) in [4.78, 5) is 16.3. The van der Waals surface area contributed by atoms with Crippen molar-refractivity contribution in [3.8, 4) is 0 Å². The van der Waals surface area contributed by atoms with Crippen molar-refractivity contribution in [3.05, 3.63) is 47.7 Å². The van der Waals surface area contributed by atoms with Crippen LogP contribution < -0.4 is 0 Å². The second kappa shape index (κ2) is 3.89. The molecule has 102 valence electrons. The van der Waals surface area contributed by atoms with E-state index in [1.807, 2.05) is 18.4 Å². The molecule has 0 saturated carbocycles. The molecular weight excluding hydrogens is 250 g/mol. The standard InChI is InChI=1S/C17H17NO2/c1-12-10-16(20-12)7-2-3-13-4-5-15(19)9-14-6-8-18-11-17(13,14)16/h3-6,8-9,11-12H,2,7,10H2,1H3. The van der Waals surface area contributed by atoms with Crippen molar-refractivity contribution in [2.45, 2.75) is 37.9 Å². The topological polar surface area (TPSA) is 38.7 Å². The molecule has 4 rings (SSSR count). The summed E-state index contributed by atoms with van der Waals surface area (Å²) >= 11 is 0. The zero-order valence-corrected chi connectivity index (χ0v) is 11.5. The summed E-state index contributed by atoms with van der Waals surface area (Å²) in [7, 11) is 0. The largest absolute Gasteiger partial charge is 0.370 e. The molecule has 2 spiro atoms. The van der Waals surface area contributed by atoms with Gasteiger partial charge in [0.2, 0.25) is 0 Å². The molecule has 2 aliphatic heterocycles.